The number of rotatable bonds is 8. The molecule has 0 aliphatic heterocycles. The van der Waals surface area contributed by atoms with Crippen LogP contribution in [0, 0.1) is 34.5 Å². The monoisotopic (exact) mass is 967 g/mol. The minimum Gasteiger partial charge on any atom is -0.198 e. The number of nitrogens with zero attached hydrogens (tertiary/aromatic N) is 3. The summed E-state index contributed by atoms with van der Waals surface area (Å²) in [5.41, 5.74) is 0.148. The SMILES string of the molecule is C[Si](C)(C)N=P([C](=[Hf]([Cl])[Cl])P(=N[Si](C)(C)C)(c1ccccc1)c1ccccc1)(c1ccccc1)c1ccccc1.N#CC12CC3CC(CC(C3)C1)C2. The molecule has 52 heavy (non-hydrogen) atoms. The molecular weight excluding hydrogens is 914 g/mol. The van der Waals surface area contributed by atoms with E-state index in [1.54, 1.807) is 0 Å². The topological polar surface area (TPSA) is 48.5 Å². The van der Waals surface area contributed by atoms with Crippen LogP contribution in [0.2, 0.25) is 39.3 Å². The Morgan fingerprint density at radius 3 is 1.06 bits per heavy atom. The second-order valence-corrected chi connectivity index (χ2v) is 47.6. The van der Waals surface area contributed by atoms with Gasteiger partial charge in [0, 0.05) is 0 Å². The summed E-state index contributed by atoms with van der Waals surface area (Å²) in [6, 6.07) is 46.1. The normalized spacial score (nSPS) is 22.4. The molecule has 4 aromatic rings. The van der Waals surface area contributed by atoms with E-state index in [0.717, 1.165) is 17.8 Å². The van der Waals surface area contributed by atoms with Crippen LogP contribution in [0.1, 0.15) is 38.5 Å². The van der Waals surface area contributed by atoms with Crippen molar-refractivity contribution in [3.8, 4) is 6.07 Å². The van der Waals surface area contributed by atoms with Gasteiger partial charge in [-0.05, 0) is 56.3 Å². The minimum absolute atomic E-state index is 0.148. The van der Waals surface area contributed by atoms with E-state index >= 15 is 0 Å². The molecule has 0 amide bonds. The predicted molar refractivity (Wildman–Crippen MR) is 233 cm³/mol. The Morgan fingerprint density at radius 2 is 0.846 bits per heavy atom. The molecule has 0 aromatic heterocycles. The van der Waals surface area contributed by atoms with Crippen molar-refractivity contribution in [3.63, 3.8) is 0 Å². The maximum atomic E-state index is 9.18. The van der Waals surface area contributed by atoms with Crippen molar-refractivity contribution >= 4 is 71.7 Å². The van der Waals surface area contributed by atoms with E-state index in [9.17, 15) is 5.26 Å². The van der Waals surface area contributed by atoms with E-state index in [0.29, 0.717) is 0 Å². The van der Waals surface area contributed by atoms with Crippen LogP contribution in [0.15, 0.2) is 130 Å². The molecule has 4 saturated carbocycles. The van der Waals surface area contributed by atoms with Gasteiger partial charge < -0.3 is 0 Å². The number of hydrogen-bond acceptors (Lipinski definition) is 3. The Hall–Kier alpha value is -1.42. The summed E-state index contributed by atoms with van der Waals surface area (Å²) < 4.78 is 13.3. The zero-order valence-electron chi connectivity index (χ0n) is 31.5. The van der Waals surface area contributed by atoms with Crippen LogP contribution in [-0.2, 0) is 18.6 Å². The first-order valence-electron chi connectivity index (χ1n) is 18.7. The van der Waals surface area contributed by atoms with E-state index < -0.39 is 49.2 Å². The zero-order chi connectivity index (χ0) is 37.2. The van der Waals surface area contributed by atoms with E-state index in [-0.39, 0.29) is 5.41 Å². The average Bonchev–Trinajstić information content (AvgIpc) is 3.11. The first kappa shape index (κ1) is 40.3. The summed E-state index contributed by atoms with van der Waals surface area (Å²) in [5, 5.41) is 14.1. The summed E-state index contributed by atoms with van der Waals surface area (Å²) >= 11 is -3.53. The van der Waals surface area contributed by atoms with Gasteiger partial charge >= 0.3 is 260 Å². The Morgan fingerprint density at radius 1 is 0.577 bits per heavy atom. The number of benzene rings is 4. The summed E-state index contributed by atoms with van der Waals surface area (Å²) in [4.78, 5) is 0. The second-order valence-electron chi connectivity index (χ2n) is 17.0. The van der Waals surface area contributed by atoms with E-state index in [1.165, 1.54) is 62.5 Å². The predicted octanol–water partition coefficient (Wildman–Crippen LogP) is 12.1. The van der Waals surface area contributed by atoms with E-state index in [2.05, 4.69) is 167 Å². The van der Waals surface area contributed by atoms with Gasteiger partial charge in [-0.25, -0.2) is 0 Å². The molecule has 4 bridgehead atoms. The summed E-state index contributed by atoms with van der Waals surface area (Å²) in [5.74, 6) is 2.78. The molecule has 0 atom stereocenters. The molecule has 0 radical (unpaired) electrons. The van der Waals surface area contributed by atoms with Gasteiger partial charge in [0.15, 0.2) is 0 Å². The molecule has 272 valence electrons. The Bertz CT molecular complexity index is 1800. The molecule has 0 saturated heterocycles. The molecule has 4 aromatic carbocycles. The van der Waals surface area contributed by atoms with Gasteiger partial charge in [-0.2, -0.15) is 5.26 Å². The van der Waals surface area contributed by atoms with Gasteiger partial charge in [-0.1, -0.05) is 0 Å². The van der Waals surface area contributed by atoms with Crippen molar-refractivity contribution in [1.82, 2.24) is 0 Å². The summed E-state index contributed by atoms with van der Waals surface area (Å²) in [6.45, 7) is 14.0. The summed E-state index contributed by atoms with van der Waals surface area (Å²) in [7, 11) is 5.83. The van der Waals surface area contributed by atoms with Crippen molar-refractivity contribution in [3.05, 3.63) is 121 Å². The van der Waals surface area contributed by atoms with Crippen LogP contribution in [-0.4, -0.2) is 19.2 Å². The zero-order valence-corrected chi connectivity index (χ0v) is 40.4. The van der Waals surface area contributed by atoms with E-state index in [4.69, 9.17) is 26.0 Å². The summed E-state index contributed by atoms with van der Waals surface area (Å²) in [6.07, 6.45) is 8.03. The third-order valence-electron chi connectivity index (χ3n) is 10.5. The minimum atomic E-state index is -3.53. The Kier molecular flexibility index (Phi) is 12.7. The molecular formula is C42H53Cl2HfN3P2Si2. The average molecular weight is 967 g/mol. The molecule has 0 N–H and O–H groups in total. The Labute approximate surface area is 330 Å². The fourth-order valence-corrected chi connectivity index (χ4v) is 53.5. The maximum absolute atomic E-state index is 9.18. The molecule has 8 rings (SSSR count). The Balaban J connectivity index is 0.000000320. The first-order chi connectivity index (χ1) is 24.7. The molecule has 4 aliphatic rings. The number of halogens is 2. The quantitative estimate of drug-likeness (QED) is 0.128. The van der Waals surface area contributed by atoms with Gasteiger partial charge in [0.2, 0.25) is 0 Å². The van der Waals surface area contributed by atoms with Gasteiger partial charge in [0.25, 0.3) is 0 Å². The standard InChI is InChI=1S/C31H38N2P2Si2.C11H15N.2ClH.Hf/c1-36(2,3)32-34(28-19-11-7-12-20-28,29-21-13-8-14-22-29)27-35(33-37(4,5)6,30-23-15-9-16-24-30)31-25-17-10-18-26-31;12-7-11-4-8-1-9(5-11)3-10(2-8)6-11;;;/h7-26H,1-6H3;8-10H,1-6H2;2*1H;/q;;;;+2/p-2. The van der Waals surface area contributed by atoms with Crippen molar-refractivity contribution < 1.29 is 18.6 Å². The molecule has 0 unspecified atom stereocenters. The van der Waals surface area contributed by atoms with Crippen LogP contribution in [0.5, 0.6) is 0 Å². The van der Waals surface area contributed by atoms with Gasteiger partial charge in [-0.15, -0.1) is 0 Å². The fraction of sp³-hybridized carbons (Fsp3) is 0.381. The van der Waals surface area contributed by atoms with Crippen LogP contribution in [0.4, 0.5) is 0 Å². The van der Waals surface area contributed by atoms with Gasteiger partial charge in [0.05, 0.1) is 11.5 Å². The largest absolute Gasteiger partial charge is 0.198 e. The van der Waals surface area contributed by atoms with Crippen LogP contribution >= 0.6 is 31.3 Å². The van der Waals surface area contributed by atoms with Crippen LogP contribution in [0.3, 0.4) is 0 Å². The molecule has 0 spiro atoms. The number of nitriles is 1. The van der Waals surface area contributed by atoms with Crippen LogP contribution in [0.25, 0.3) is 0 Å². The van der Waals surface area contributed by atoms with Crippen molar-refractivity contribution in [2.24, 2.45) is 32.0 Å². The van der Waals surface area contributed by atoms with Gasteiger partial charge in [0.1, 0.15) is 0 Å². The second kappa shape index (κ2) is 16.4. The molecule has 0 heterocycles. The number of hydrogen-bond donors (Lipinski definition) is 0. The molecule has 3 nitrogen and oxygen atoms in total. The molecule has 4 aliphatic carbocycles. The van der Waals surface area contributed by atoms with Crippen molar-refractivity contribution in [2.45, 2.75) is 77.8 Å². The third-order valence-corrected chi connectivity index (χ3v) is 44.1. The van der Waals surface area contributed by atoms with Crippen molar-refractivity contribution in [1.29, 1.82) is 5.26 Å². The molecule has 4 fully saturated rings. The first-order valence-corrected chi connectivity index (χ1v) is 39.7. The molecule has 10 heteroatoms. The van der Waals surface area contributed by atoms with Crippen molar-refractivity contribution in [2.75, 3.05) is 0 Å². The third kappa shape index (κ3) is 8.68. The van der Waals surface area contributed by atoms with Crippen LogP contribution < -0.4 is 21.2 Å². The smallest absolute Gasteiger partial charge is 0.0690 e. The fourth-order valence-electron chi connectivity index (χ4n) is 9.29. The van der Waals surface area contributed by atoms with Gasteiger partial charge in [-0.3, -0.25) is 0 Å². The maximum Gasteiger partial charge on any atom is 0.0690 e. The van der Waals surface area contributed by atoms with E-state index in [1.807, 2.05) is 0 Å².